The first kappa shape index (κ1) is 16.7. The molecule has 1 aliphatic rings. The van der Waals surface area contributed by atoms with Crippen LogP contribution in [0.3, 0.4) is 0 Å². The number of para-hydroxylation sites is 1. The monoisotopic (exact) mass is 345 g/mol. The molecule has 2 heterocycles. The summed E-state index contributed by atoms with van der Waals surface area (Å²) in [5, 5.41) is 4.98. The summed E-state index contributed by atoms with van der Waals surface area (Å²) >= 11 is 1.80. The Balaban J connectivity index is 1.68. The van der Waals surface area contributed by atoms with Gasteiger partial charge in [0.15, 0.2) is 6.54 Å². The van der Waals surface area contributed by atoms with E-state index < -0.39 is 5.97 Å². The summed E-state index contributed by atoms with van der Waals surface area (Å²) in [4.78, 5) is 26.9. The topological polar surface area (TPSA) is 59.8 Å². The van der Waals surface area contributed by atoms with Gasteiger partial charge in [-0.05, 0) is 30.5 Å². The second-order valence-corrected chi connectivity index (χ2v) is 6.94. The first-order valence-corrected chi connectivity index (χ1v) is 8.86. The fourth-order valence-corrected chi connectivity index (χ4v) is 4.15. The van der Waals surface area contributed by atoms with Gasteiger partial charge in [-0.2, -0.15) is 0 Å². The largest absolute Gasteiger partial charge is 0.465 e. The number of hydrogen-bond donors (Lipinski definition) is 2. The van der Waals surface area contributed by atoms with E-state index in [1.807, 2.05) is 0 Å². The third kappa shape index (κ3) is 3.34. The van der Waals surface area contributed by atoms with Crippen LogP contribution in [-0.2, 0) is 16.0 Å². The zero-order valence-corrected chi connectivity index (χ0v) is 14.6. The molecule has 1 aromatic carbocycles. The highest BCUT2D eigenvalue weighted by Crippen LogP contribution is 2.24. The molecule has 3 rings (SSSR count). The Morgan fingerprint density at radius 2 is 2.12 bits per heavy atom. The number of rotatable bonds is 4. The molecule has 0 radical (unpaired) electrons. The van der Waals surface area contributed by atoms with Crippen LogP contribution >= 0.6 is 11.3 Å². The molecule has 1 aromatic heterocycles. The standard InChI is InChI=1S/C18H20N2O3S/c1-12-13-8-10-24-16(13)7-9-20(12)11-17(21)19-15-6-4-3-5-14(15)18(22)23-2/h3-6,8,10,12H,7,9,11H2,1-2H3,(H,19,21)/p+1/t12-/m0/s1. The van der Waals surface area contributed by atoms with Crippen LogP contribution in [0.25, 0.3) is 0 Å². The van der Waals surface area contributed by atoms with Crippen LogP contribution in [0.5, 0.6) is 0 Å². The number of carbonyl (C=O) groups is 2. The molecule has 0 fully saturated rings. The van der Waals surface area contributed by atoms with Crippen molar-refractivity contribution in [2.24, 2.45) is 0 Å². The Labute approximate surface area is 145 Å². The summed E-state index contributed by atoms with van der Waals surface area (Å²) in [6.45, 7) is 3.49. The van der Waals surface area contributed by atoms with Crippen LogP contribution in [0.2, 0.25) is 0 Å². The Morgan fingerprint density at radius 3 is 2.92 bits per heavy atom. The lowest BCUT2D eigenvalue weighted by Crippen LogP contribution is -3.14. The molecule has 1 amide bonds. The number of thiophene rings is 1. The van der Waals surface area contributed by atoms with E-state index in [0.717, 1.165) is 13.0 Å². The highest BCUT2D eigenvalue weighted by molar-refractivity contribution is 7.10. The minimum atomic E-state index is -0.451. The smallest absolute Gasteiger partial charge is 0.339 e. The predicted molar refractivity (Wildman–Crippen MR) is 93.5 cm³/mol. The number of carbonyl (C=O) groups excluding carboxylic acids is 2. The number of ether oxygens (including phenoxy) is 1. The normalized spacial score (nSPS) is 19.4. The van der Waals surface area contributed by atoms with Crippen LogP contribution in [0.4, 0.5) is 5.69 Å². The highest BCUT2D eigenvalue weighted by atomic mass is 32.1. The number of fused-ring (bicyclic) bond motifs is 1. The van der Waals surface area contributed by atoms with Crippen LogP contribution in [0.15, 0.2) is 35.7 Å². The van der Waals surface area contributed by atoms with Gasteiger partial charge in [-0.3, -0.25) is 4.79 Å². The van der Waals surface area contributed by atoms with Crippen LogP contribution < -0.4 is 10.2 Å². The molecule has 5 nitrogen and oxygen atoms in total. The summed E-state index contributed by atoms with van der Waals surface area (Å²) in [5.74, 6) is -0.542. The van der Waals surface area contributed by atoms with Gasteiger partial charge < -0.3 is 15.0 Å². The second-order valence-electron chi connectivity index (χ2n) is 5.94. The minimum absolute atomic E-state index is 0.0908. The van der Waals surface area contributed by atoms with Gasteiger partial charge in [-0.1, -0.05) is 12.1 Å². The van der Waals surface area contributed by atoms with Gasteiger partial charge >= 0.3 is 5.97 Å². The maximum Gasteiger partial charge on any atom is 0.339 e. The Hall–Kier alpha value is -2.18. The Bertz CT molecular complexity index is 756. The van der Waals surface area contributed by atoms with Gasteiger partial charge in [0.25, 0.3) is 5.91 Å². The van der Waals surface area contributed by atoms with E-state index in [2.05, 4.69) is 23.7 Å². The number of anilines is 1. The van der Waals surface area contributed by atoms with Crippen LogP contribution in [-0.4, -0.2) is 32.1 Å². The van der Waals surface area contributed by atoms with Crippen molar-refractivity contribution in [2.45, 2.75) is 19.4 Å². The third-order valence-corrected chi connectivity index (χ3v) is 5.52. The fraction of sp³-hybridized carbons (Fsp3) is 0.333. The molecule has 6 heteroatoms. The van der Waals surface area contributed by atoms with E-state index in [1.165, 1.54) is 22.5 Å². The van der Waals surface area contributed by atoms with Crippen LogP contribution in [0.1, 0.15) is 33.8 Å². The van der Waals surface area contributed by atoms with Gasteiger partial charge in [0.2, 0.25) is 0 Å². The van der Waals surface area contributed by atoms with E-state index in [4.69, 9.17) is 4.74 Å². The molecule has 1 unspecified atom stereocenters. The van der Waals surface area contributed by atoms with Crippen molar-refractivity contribution in [3.8, 4) is 0 Å². The van der Waals surface area contributed by atoms with Gasteiger partial charge in [-0.25, -0.2) is 4.79 Å². The second kappa shape index (κ2) is 7.15. The van der Waals surface area contributed by atoms with Crippen molar-refractivity contribution < 1.29 is 19.2 Å². The third-order valence-electron chi connectivity index (χ3n) is 4.53. The average molecular weight is 345 g/mol. The molecule has 2 atom stereocenters. The molecular formula is C18H21N2O3S+. The van der Waals surface area contributed by atoms with Crippen molar-refractivity contribution in [3.63, 3.8) is 0 Å². The lowest BCUT2D eigenvalue weighted by atomic mass is 10.0. The maximum atomic E-state index is 12.5. The van der Waals surface area contributed by atoms with E-state index in [9.17, 15) is 9.59 Å². The first-order valence-electron chi connectivity index (χ1n) is 7.98. The zero-order valence-electron chi connectivity index (χ0n) is 13.8. The number of quaternary nitrogens is 1. The first-order chi connectivity index (χ1) is 11.6. The number of hydrogen-bond acceptors (Lipinski definition) is 4. The molecule has 0 aliphatic carbocycles. The molecule has 126 valence electrons. The number of benzene rings is 1. The molecule has 0 saturated heterocycles. The lowest BCUT2D eigenvalue weighted by Gasteiger charge is -2.29. The molecule has 0 spiro atoms. The number of esters is 1. The quantitative estimate of drug-likeness (QED) is 0.829. The number of nitrogens with one attached hydrogen (secondary N) is 2. The fourth-order valence-electron chi connectivity index (χ4n) is 3.17. The van der Waals surface area contributed by atoms with E-state index in [0.29, 0.717) is 23.8 Å². The van der Waals surface area contributed by atoms with Crippen molar-refractivity contribution in [3.05, 3.63) is 51.7 Å². The lowest BCUT2D eigenvalue weighted by molar-refractivity contribution is -0.923. The summed E-state index contributed by atoms with van der Waals surface area (Å²) in [5.41, 5.74) is 2.22. The minimum Gasteiger partial charge on any atom is -0.465 e. The van der Waals surface area contributed by atoms with E-state index in [1.54, 1.807) is 35.6 Å². The SMILES string of the molecule is COC(=O)c1ccccc1NC(=O)C[NH+]1CCc2sccc2[C@@H]1C. The number of methoxy groups -OCH3 is 1. The predicted octanol–water partition coefficient (Wildman–Crippen LogP) is 1.68. The maximum absolute atomic E-state index is 12.5. The molecule has 2 N–H and O–H groups in total. The van der Waals surface area contributed by atoms with Crippen molar-refractivity contribution >= 4 is 28.9 Å². The summed E-state index contributed by atoms with van der Waals surface area (Å²) in [6.07, 6.45) is 1.01. The highest BCUT2D eigenvalue weighted by Gasteiger charge is 2.29. The zero-order chi connectivity index (χ0) is 17.1. The summed E-state index contributed by atoms with van der Waals surface area (Å²) < 4.78 is 4.76. The molecule has 0 saturated carbocycles. The summed E-state index contributed by atoms with van der Waals surface area (Å²) in [6, 6.07) is 9.37. The van der Waals surface area contributed by atoms with Crippen molar-refractivity contribution in [1.29, 1.82) is 0 Å². The molecule has 2 aromatic rings. The Morgan fingerprint density at radius 1 is 1.33 bits per heavy atom. The van der Waals surface area contributed by atoms with Gasteiger partial charge in [0.1, 0.15) is 6.04 Å². The number of amides is 1. The Kier molecular flexibility index (Phi) is 4.97. The van der Waals surface area contributed by atoms with E-state index >= 15 is 0 Å². The van der Waals surface area contributed by atoms with Crippen LogP contribution in [0, 0.1) is 0 Å². The molecule has 1 aliphatic heterocycles. The van der Waals surface area contributed by atoms with Crippen molar-refractivity contribution in [2.75, 3.05) is 25.5 Å². The molecule has 0 bridgehead atoms. The average Bonchev–Trinajstić information content (AvgIpc) is 3.06. The van der Waals surface area contributed by atoms with Crippen molar-refractivity contribution in [1.82, 2.24) is 0 Å². The molecule has 24 heavy (non-hydrogen) atoms. The van der Waals surface area contributed by atoms with Gasteiger partial charge in [-0.15, -0.1) is 11.3 Å². The van der Waals surface area contributed by atoms with Gasteiger partial charge in [0.05, 0.1) is 24.9 Å². The van der Waals surface area contributed by atoms with Gasteiger partial charge in [0, 0.05) is 16.9 Å². The summed E-state index contributed by atoms with van der Waals surface area (Å²) in [7, 11) is 1.33. The molecular weight excluding hydrogens is 324 g/mol. The van der Waals surface area contributed by atoms with E-state index in [-0.39, 0.29) is 5.91 Å².